The quantitative estimate of drug-likeness (QED) is 0.356. The number of amides is 4. The molecular weight excluding hydrogens is 392 g/mol. The number of nitrogens with one attached hydrogen (secondary N) is 2. The zero-order valence-corrected chi connectivity index (χ0v) is 15.9. The first-order valence-electron chi connectivity index (χ1n) is 8.70. The topological polar surface area (TPSA) is 114 Å². The number of carbonyl (C=O) groups excluding carboxylic acids is 4. The van der Waals surface area contributed by atoms with Gasteiger partial charge in [-0.15, -0.1) is 0 Å². The van der Waals surface area contributed by atoms with Gasteiger partial charge in [-0.3, -0.25) is 19.3 Å². The number of carbonyl (C=O) groups is 4. The summed E-state index contributed by atoms with van der Waals surface area (Å²) in [4.78, 5) is 48.7. The average molecular weight is 413 g/mol. The third kappa shape index (κ3) is 5.39. The van der Waals surface area contributed by atoms with Crippen LogP contribution in [0.4, 0.5) is 13.6 Å². The van der Waals surface area contributed by atoms with Crippen LogP contribution in [-0.2, 0) is 24.7 Å². The Morgan fingerprint density at radius 1 is 1.24 bits per heavy atom. The van der Waals surface area contributed by atoms with Crippen molar-refractivity contribution >= 4 is 23.8 Å². The third-order valence-electron chi connectivity index (χ3n) is 4.34. The van der Waals surface area contributed by atoms with E-state index in [-0.39, 0.29) is 18.7 Å². The molecule has 0 spiro atoms. The number of benzene rings is 1. The summed E-state index contributed by atoms with van der Waals surface area (Å²) >= 11 is 0. The van der Waals surface area contributed by atoms with E-state index in [2.05, 4.69) is 20.1 Å². The Labute approximate surface area is 165 Å². The van der Waals surface area contributed by atoms with E-state index in [0.717, 1.165) is 4.90 Å². The maximum Gasteiger partial charge on any atom is 0.387 e. The maximum absolute atomic E-state index is 12.7. The number of esters is 1. The lowest BCUT2D eigenvalue weighted by Gasteiger charge is -2.22. The smallest absolute Gasteiger partial charge is 0.387 e. The van der Waals surface area contributed by atoms with Gasteiger partial charge in [-0.2, -0.15) is 8.78 Å². The fourth-order valence-electron chi connectivity index (χ4n) is 2.77. The Morgan fingerprint density at radius 3 is 2.48 bits per heavy atom. The molecule has 1 aliphatic heterocycles. The van der Waals surface area contributed by atoms with Gasteiger partial charge >= 0.3 is 18.6 Å². The molecule has 29 heavy (non-hydrogen) atoms. The first-order valence-corrected chi connectivity index (χ1v) is 8.70. The normalized spacial score (nSPS) is 18.6. The standard InChI is InChI=1S/C18H21F2N3O6/c1-18(11-5-7-12(8-6-11)29-16(19)20)15(26)23(17(27)22-18)10-13(24)21-9-3-4-14(25)28-2/h5-8,16H,3-4,9-10H2,1-2H3,(H,21,24)(H,22,27)/t18-/m0/s1. The Kier molecular flexibility index (Phi) is 7.08. The number of methoxy groups -OCH3 is 1. The van der Waals surface area contributed by atoms with Crippen molar-refractivity contribution in [2.75, 3.05) is 20.2 Å². The van der Waals surface area contributed by atoms with Gasteiger partial charge < -0.3 is 20.1 Å². The molecule has 0 unspecified atom stereocenters. The molecular formula is C18H21F2N3O6. The molecule has 4 amide bonds. The highest BCUT2D eigenvalue weighted by Crippen LogP contribution is 2.30. The van der Waals surface area contributed by atoms with Gasteiger partial charge in [0, 0.05) is 13.0 Å². The second kappa shape index (κ2) is 9.30. The van der Waals surface area contributed by atoms with Crippen molar-refractivity contribution in [2.24, 2.45) is 0 Å². The summed E-state index contributed by atoms with van der Waals surface area (Å²) in [6, 6.07) is 4.51. The van der Waals surface area contributed by atoms with Crippen molar-refractivity contribution in [1.29, 1.82) is 0 Å². The Morgan fingerprint density at radius 2 is 1.90 bits per heavy atom. The molecule has 1 fully saturated rings. The molecule has 0 bridgehead atoms. The number of halogens is 2. The molecule has 2 rings (SSSR count). The first kappa shape index (κ1) is 22.1. The number of nitrogens with zero attached hydrogens (tertiary/aromatic N) is 1. The number of hydrogen-bond acceptors (Lipinski definition) is 6. The molecule has 9 nitrogen and oxygen atoms in total. The van der Waals surface area contributed by atoms with Crippen LogP contribution in [-0.4, -0.2) is 55.5 Å². The molecule has 2 N–H and O–H groups in total. The highest BCUT2D eigenvalue weighted by atomic mass is 19.3. The van der Waals surface area contributed by atoms with Crippen LogP contribution in [0, 0.1) is 0 Å². The van der Waals surface area contributed by atoms with Crippen LogP contribution in [0.15, 0.2) is 24.3 Å². The molecule has 1 saturated heterocycles. The van der Waals surface area contributed by atoms with Gasteiger partial charge in [-0.1, -0.05) is 12.1 Å². The number of alkyl halides is 2. The molecule has 1 aromatic rings. The summed E-state index contributed by atoms with van der Waals surface area (Å²) in [5.74, 6) is -1.72. The lowest BCUT2D eigenvalue weighted by Crippen LogP contribution is -2.43. The second-order valence-electron chi connectivity index (χ2n) is 6.38. The number of hydrogen-bond donors (Lipinski definition) is 2. The van der Waals surface area contributed by atoms with Crippen LogP contribution in [0.2, 0.25) is 0 Å². The molecule has 158 valence electrons. The van der Waals surface area contributed by atoms with Crippen LogP contribution < -0.4 is 15.4 Å². The van der Waals surface area contributed by atoms with Crippen molar-refractivity contribution in [2.45, 2.75) is 31.9 Å². The molecule has 0 saturated carbocycles. The molecule has 0 radical (unpaired) electrons. The number of imide groups is 1. The lowest BCUT2D eigenvalue weighted by atomic mass is 9.92. The predicted octanol–water partition coefficient (Wildman–Crippen LogP) is 1.12. The van der Waals surface area contributed by atoms with E-state index in [9.17, 15) is 28.0 Å². The molecule has 1 atom stereocenters. The van der Waals surface area contributed by atoms with Gasteiger partial charge in [0.2, 0.25) is 5.91 Å². The van der Waals surface area contributed by atoms with Crippen LogP contribution >= 0.6 is 0 Å². The van der Waals surface area contributed by atoms with Crippen LogP contribution in [0.3, 0.4) is 0 Å². The highest BCUT2D eigenvalue weighted by molar-refractivity contribution is 6.09. The van der Waals surface area contributed by atoms with Gasteiger partial charge in [-0.05, 0) is 31.0 Å². The summed E-state index contributed by atoms with van der Waals surface area (Å²) in [6.45, 7) is -1.85. The first-order chi connectivity index (χ1) is 13.7. The molecule has 1 heterocycles. The monoisotopic (exact) mass is 413 g/mol. The van der Waals surface area contributed by atoms with Crippen LogP contribution in [0.1, 0.15) is 25.3 Å². The molecule has 11 heteroatoms. The lowest BCUT2D eigenvalue weighted by molar-refractivity contribution is -0.140. The fraction of sp³-hybridized carbons (Fsp3) is 0.444. The van der Waals surface area contributed by atoms with Crippen molar-refractivity contribution in [3.8, 4) is 5.75 Å². The minimum Gasteiger partial charge on any atom is -0.469 e. The van der Waals surface area contributed by atoms with Gasteiger partial charge in [0.15, 0.2) is 0 Å². The van der Waals surface area contributed by atoms with Crippen molar-refractivity contribution < 1.29 is 37.4 Å². The zero-order valence-electron chi connectivity index (χ0n) is 15.9. The van der Waals surface area contributed by atoms with E-state index >= 15 is 0 Å². The number of ether oxygens (including phenoxy) is 2. The zero-order chi connectivity index (χ0) is 21.6. The van der Waals surface area contributed by atoms with E-state index in [1.807, 2.05) is 0 Å². The molecule has 0 aromatic heterocycles. The van der Waals surface area contributed by atoms with Gasteiger partial charge in [-0.25, -0.2) is 4.79 Å². The van der Waals surface area contributed by atoms with Gasteiger partial charge in [0.25, 0.3) is 5.91 Å². The van der Waals surface area contributed by atoms with Crippen LogP contribution in [0.25, 0.3) is 0 Å². The highest BCUT2D eigenvalue weighted by Gasteiger charge is 2.49. The Balaban J connectivity index is 1.97. The molecule has 1 aliphatic rings. The minimum atomic E-state index is -2.98. The van der Waals surface area contributed by atoms with E-state index in [1.54, 1.807) is 0 Å². The predicted molar refractivity (Wildman–Crippen MR) is 94.9 cm³/mol. The SMILES string of the molecule is COC(=O)CCCNC(=O)CN1C(=O)N[C@@](C)(c2ccc(OC(F)F)cc2)C1=O. The number of rotatable bonds is 9. The Bertz CT molecular complexity index is 786. The molecule has 1 aromatic carbocycles. The average Bonchev–Trinajstić information content (AvgIpc) is 2.89. The van der Waals surface area contributed by atoms with Gasteiger partial charge in [0.05, 0.1) is 7.11 Å². The van der Waals surface area contributed by atoms with E-state index < -0.39 is 42.5 Å². The summed E-state index contributed by atoms with van der Waals surface area (Å²) in [6.07, 6.45) is 0.479. The summed E-state index contributed by atoms with van der Waals surface area (Å²) < 4.78 is 33.2. The van der Waals surface area contributed by atoms with Crippen LogP contribution in [0.5, 0.6) is 5.75 Å². The van der Waals surface area contributed by atoms with Crippen molar-refractivity contribution in [3.63, 3.8) is 0 Å². The largest absolute Gasteiger partial charge is 0.469 e. The fourth-order valence-corrected chi connectivity index (χ4v) is 2.77. The van der Waals surface area contributed by atoms with Gasteiger partial charge in [0.1, 0.15) is 17.8 Å². The van der Waals surface area contributed by atoms with E-state index in [0.29, 0.717) is 12.0 Å². The van der Waals surface area contributed by atoms with Crippen molar-refractivity contribution in [3.05, 3.63) is 29.8 Å². The second-order valence-corrected chi connectivity index (χ2v) is 6.38. The Hall–Kier alpha value is -3.24. The summed E-state index contributed by atoms with van der Waals surface area (Å²) in [5, 5.41) is 5.02. The third-order valence-corrected chi connectivity index (χ3v) is 4.34. The minimum absolute atomic E-state index is 0.0905. The summed E-state index contributed by atoms with van der Waals surface area (Å²) in [7, 11) is 1.26. The molecule has 0 aliphatic carbocycles. The summed E-state index contributed by atoms with van der Waals surface area (Å²) in [5.41, 5.74) is -1.11. The van der Waals surface area contributed by atoms with E-state index in [4.69, 9.17) is 0 Å². The van der Waals surface area contributed by atoms with Crippen molar-refractivity contribution in [1.82, 2.24) is 15.5 Å². The van der Waals surface area contributed by atoms with E-state index in [1.165, 1.54) is 38.3 Å². The number of urea groups is 1. The maximum atomic E-state index is 12.7.